The number of rotatable bonds is 6. The number of carbonyl (C=O) groups is 1. The molecule has 1 saturated heterocycles. The maximum Gasteiger partial charge on any atom is 0.237 e. The molecule has 110 valence electrons. The number of carbonyl (C=O) groups excluding carboxylic acids is 1. The summed E-state index contributed by atoms with van der Waals surface area (Å²) in [5.41, 5.74) is 0. The Kier molecular flexibility index (Phi) is 5.24. The predicted octanol–water partition coefficient (Wildman–Crippen LogP) is 1.33. The molecule has 0 aliphatic carbocycles. The summed E-state index contributed by atoms with van der Waals surface area (Å²) in [6.07, 6.45) is 1.91. The number of hydrogen-bond donors (Lipinski definition) is 2. The molecule has 2 atom stereocenters. The molecule has 1 heterocycles. The van der Waals surface area contributed by atoms with Gasteiger partial charge in [0.25, 0.3) is 0 Å². The largest absolute Gasteiger partial charge is 0.497 e. The van der Waals surface area contributed by atoms with Crippen LogP contribution in [0.25, 0.3) is 0 Å². The molecular weight excluding hydrogens is 256 g/mol. The van der Waals surface area contributed by atoms with Crippen LogP contribution in [0.2, 0.25) is 0 Å². The zero-order chi connectivity index (χ0) is 14.4. The van der Waals surface area contributed by atoms with E-state index < -0.39 is 0 Å². The average molecular weight is 278 g/mol. The molecule has 0 unspecified atom stereocenters. The third-order valence-corrected chi connectivity index (χ3v) is 3.34. The van der Waals surface area contributed by atoms with Gasteiger partial charge in [0.2, 0.25) is 5.91 Å². The Morgan fingerprint density at radius 2 is 2.10 bits per heavy atom. The molecule has 2 rings (SSSR count). The first kappa shape index (κ1) is 14.7. The van der Waals surface area contributed by atoms with Gasteiger partial charge in [0, 0.05) is 0 Å². The molecule has 1 aliphatic heterocycles. The van der Waals surface area contributed by atoms with Crippen LogP contribution >= 0.6 is 0 Å². The van der Waals surface area contributed by atoms with E-state index in [1.165, 1.54) is 0 Å². The molecule has 0 spiro atoms. The summed E-state index contributed by atoms with van der Waals surface area (Å²) < 4.78 is 10.8. The van der Waals surface area contributed by atoms with Gasteiger partial charge in [-0.2, -0.15) is 0 Å². The predicted molar refractivity (Wildman–Crippen MR) is 77.1 cm³/mol. The number of ether oxygens (including phenoxy) is 2. The van der Waals surface area contributed by atoms with Gasteiger partial charge in [0.15, 0.2) is 0 Å². The molecule has 5 heteroatoms. The third-order valence-electron chi connectivity index (χ3n) is 3.34. The number of methoxy groups -OCH3 is 1. The lowest BCUT2D eigenvalue weighted by molar-refractivity contribution is -0.123. The van der Waals surface area contributed by atoms with E-state index in [0.717, 1.165) is 30.9 Å². The van der Waals surface area contributed by atoms with E-state index in [9.17, 15) is 4.79 Å². The van der Waals surface area contributed by atoms with Crippen LogP contribution in [0.15, 0.2) is 24.3 Å². The number of amides is 1. The van der Waals surface area contributed by atoms with Gasteiger partial charge in [0.1, 0.15) is 17.6 Å². The summed E-state index contributed by atoms with van der Waals surface area (Å²) in [6.45, 7) is 3.37. The van der Waals surface area contributed by atoms with Crippen LogP contribution in [0, 0.1) is 0 Å². The van der Waals surface area contributed by atoms with Crippen molar-refractivity contribution in [2.45, 2.75) is 31.9 Å². The molecule has 1 amide bonds. The minimum atomic E-state index is -0.0752. The molecule has 1 aromatic carbocycles. The highest BCUT2D eigenvalue weighted by molar-refractivity contribution is 5.82. The van der Waals surface area contributed by atoms with E-state index >= 15 is 0 Å². The molecule has 1 fully saturated rings. The lowest BCUT2D eigenvalue weighted by Crippen LogP contribution is -2.43. The molecule has 1 aromatic rings. The van der Waals surface area contributed by atoms with Crippen molar-refractivity contribution < 1.29 is 14.3 Å². The summed E-state index contributed by atoms with van der Waals surface area (Å²) in [7, 11) is 1.63. The zero-order valence-corrected chi connectivity index (χ0v) is 12.0. The molecule has 5 nitrogen and oxygen atoms in total. The van der Waals surface area contributed by atoms with Crippen LogP contribution in [0.3, 0.4) is 0 Å². The highest BCUT2D eigenvalue weighted by Crippen LogP contribution is 2.18. The van der Waals surface area contributed by atoms with Crippen LogP contribution in [0.1, 0.15) is 19.8 Å². The van der Waals surface area contributed by atoms with Crippen LogP contribution in [0.5, 0.6) is 11.5 Å². The van der Waals surface area contributed by atoms with Crippen LogP contribution in [0.4, 0.5) is 0 Å². The fraction of sp³-hybridized carbons (Fsp3) is 0.533. The van der Waals surface area contributed by atoms with Gasteiger partial charge in [-0.1, -0.05) is 0 Å². The maximum absolute atomic E-state index is 11.8. The van der Waals surface area contributed by atoms with E-state index in [-0.39, 0.29) is 18.1 Å². The first-order valence-electron chi connectivity index (χ1n) is 7.01. The van der Waals surface area contributed by atoms with Crippen molar-refractivity contribution in [3.63, 3.8) is 0 Å². The third kappa shape index (κ3) is 4.13. The summed E-state index contributed by atoms with van der Waals surface area (Å²) in [5, 5.41) is 6.09. The second-order valence-corrected chi connectivity index (χ2v) is 5.00. The van der Waals surface area contributed by atoms with Crippen molar-refractivity contribution >= 4 is 5.91 Å². The van der Waals surface area contributed by atoms with Crippen molar-refractivity contribution in [2.24, 2.45) is 0 Å². The van der Waals surface area contributed by atoms with Crippen LogP contribution in [-0.4, -0.2) is 38.3 Å². The Labute approximate surface area is 119 Å². The monoisotopic (exact) mass is 278 g/mol. The van der Waals surface area contributed by atoms with Crippen molar-refractivity contribution in [2.75, 3.05) is 20.2 Å². The van der Waals surface area contributed by atoms with Gasteiger partial charge in [-0.25, -0.2) is 0 Å². The fourth-order valence-corrected chi connectivity index (χ4v) is 2.20. The smallest absolute Gasteiger partial charge is 0.237 e. The van der Waals surface area contributed by atoms with Crippen molar-refractivity contribution in [3.8, 4) is 11.5 Å². The first-order chi connectivity index (χ1) is 9.69. The molecule has 1 aliphatic rings. The summed E-state index contributed by atoms with van der Waals surface area (Å²) in [6, 6.07) is 7.38. The Morgan fingerprint density at radius 1 is 1.40 bits per heavy atom. The minimum Gasteiger partial charge on any atom is -0.497 e. The Balaban J connectivity index is 1.73. The first-order valence-corrected chi connectivity index (χ1v) is 7.01. The molecular formula is C15H22N2O3. The molecule has 20 heavy (non-hydrogen) atoms. The normalized spacial score (nSPS) is 19.4. The van der Waals surface area contributed by atoms with Crippen molar-refractivity contribution in [1.29, 1.82) is 0 Å². The average Bonchev–Trinajstić information content (AvgIpc) is 3.00. The van der Waals surface area contributed by atoms with Crippen molar-refractivity contribution in [3.05, 3.63) is 24.3 Å². The Morgan fingerprint density at radius 3 is 2.70 bits per heavy atom. The Bertz CT molecular complexity index is 427. The SMILES string of the molecule is COc1ccc(O[C@H](C)CNC(=O)[C@@H]2CCCN2)cc1. The highest BCUT2D eigenvalue weighted by Gasteiger charge is 2.21. The highest BCUT2D eigenvalue weighted by atomic mass is 16.5. The van der Waals surface area contributed by atoms with E-state index in [4.69, 9.17) is 9.47 Å². The molecule has 0 bridgehead atoms. The quantitative estimate of drug-likeness (QED) is 0.824. The van der Waals surface area contributed by atoms with Gasteiger partial charge in [0.05, 0.1) is 19.7 Å². The molecule has 2 N–H and O–H groups in total. The van der Waals surface area contributed by atoms with Crippen LogP contribution < -0.4 is 20.1 Å². The Hall–Kier alpha value is -1.75. The topological polar surface area (TPSA) is 59.6 Å². The van der Waals surface area contributed by atoms with Gasteiger partial charge in [-0.05, 0) is 50.6 Å². The summed E-state index contributed by atoms with van der Waals surface area (Å²) >= 11 is 0. The number of nitrogens with one attached hydrogen (secondary N) is 2. The van der Waals surface area contributed by atoms with Gasteiger partial charge in [-0.3, -0.25) is 4.79 Å². The standard InChI is InChI=1S/C15H22N2O3/c1-11(10-17-15(18)14-4-3-9-16-14)20-13-7-5-12(19-2)6-8-13/h5-8,11,14,16H,3-4,9-10H2,1-2H3,(H,17,18)/t11-,14+/m1/s1. The lowest BCUT2D eigenvalue weighted by Gasteiger charge is -2.17. The van der Waals surface area contributed by atoms with E-state index in [1.807, 2.05) is 31.2 Å². The second kappa shape index (κ2) is 7.14. The summed E-state index contributed by atoms with van der Waals surface area (Å²) in [5.74, 6) is 1.63. The number of hydrogen-bond acceptors (Lipinski definition) is 4. The van der Waals surface area contributed by atoms with Gasteiger partial charge in [-0.15, -0.1) is 0 Å². The molecule has 0 saturated carbocycles. The van der Waals surface area contributed by atoms with E-state index in [2.05, 4.69) is 10.6 Å². The van der Waals surface area contributed by atoms with Crippen LogP contribution in [-0.2, 0) is 4.79 Å². The minimum absolute atomic E-state index is 0.0387. The van der Waals surface area contributed by atoms with E-state index in [1.54, 1.807) is 7.11 Å². The van der Waals surface area contributed by atoms with Crippen molar-refractivity contribution in [1.82, 2.24) is 10.6 Å². The number of benzene rings is 1. The van der Waals surface area contributed by atoms with Gasteiger partial charge >= 0.3 is 0 Å². The second-order valence-electron chi connectivity index (χ2n) is 5.00. The maximum atomic E-state index is 11.8. The molecule has 0 aromatic heterocycles. The van der Waals surface area contributed by atoms with Gasteiger partial charge < -0.3 is 20.1 Å². The molecule has 0 radical (unpaired) electrons. The van der Waals surface area contributed by atoms with E-state index in [0.29, 0.717) is 6.54 Å². The summed E-state index contributed by atoms with van der Waals surface area (Å²) in [4.78, 5) is 11.8. The zero-order valence-electron chi connectivity index (χ0n) is 12.0. The lowest BCUT2D eigenvalue weighted by atomic mass is 10.2. The fourth-order valence-electron chi connectivity index (χ4n) is 2.20.